The molecule has 1 heterocycles. The average molecular weight is 289 g/mol. The monoisotopic (exact) mass is 289 g/mol. The van der Waals surface area contributed by atoms with E-state index in [0.717, 1.165) is 32.2 Å². The molecule has 1 fully saturated rings. The van der Waals surface area contributed by atoms with Gasteiger partial charge in [-0.05, 0) is 51.9 Å². The van der Waals surface area contributed by atoms with E-state index in [9.17, 15) is 5.11 Å². The lowest BCUT2D eigenvalue weighted by atomic mass is 10.2. The summed E-state index contributed by atoms with van der Waals surface area (Å²) in [5.41, 5.74) is 0. The van der Waals surface area contributed by atoms with Crippen molar-refractivity contribution in [3.63, 3.8) is 0 Å². The molecule has 2 atom stereocenters. The topological polar surface area (TPSA) is 41.9 Å². The second-order valence-electron chi connectivity index (χ2n) is 6.28. The lowest BCUT2D eigenvalue weighted by Gasteiger charge is -2.24. The molecule has 0 aromatic carbocycles. The Morgan fingerprint density at radius 2 is 2.16 bits per heavy atom. The van der Waals surface area contributed by atoms with E-state index in [4.69, 9.17) is 9.16 Å². The van der Waals surface area contributed by atoms with E-state index in [1.54, 1.807) is 7.11 Å². The van der Waals surface area contributed by atoms with Crippen LogP contribution in [0.25, 0.3) is 0 Å². The van der Waals surface area contributed by atoms with Crippen LogP contribution in [0.4, 0.5) is 0 Å². The van der Waals surface area contributed by atoms with E-state index < -0.39 is 8.32 Å². The molecular weight excluding hydrogens is 258 g/mol. The molecule has 0 bridgehead atoms. The van der Waals surface area contributed by atoms with E-state index in [1.165, 1.54) is 12.8 Å². The van der Waals surface area contributed by atoms with Gasteiger partial charge in [0, 0.05) is 26.3 Å². The van der Waals surface area contributed by atoms with Crippen molar-refractivity contribution in [1.29, 1.82) is 0 Å². The molecule has 1 aliphatic rings. The van der Waals surface area contributed by atoms with Crippen LogP contribution in [0.5, 0.6) is 0 Å². The second kappa shape index (κ2) is 8.37. The van der Waals surface area contributed by atoms with Crippen LogP contribution in [0.1, 0.15) is 26.2 Å². The second-order valence-corrected chi connectivity index (χ2v) is 10.7. The SMILES string of the molecule is CO[Si](C)(C)CCCOCC(O)CN1CCCC1C. The molecule has 114 valence electrons. The first-order valence-corrected chi connectivity index (χ1v) is 10.6. The average Bonchev–Trinajstić information content (AvgIpc) is 2.74. The van der Waals surface area contributed by atoms with Crippen LogP contribution in [0, 0.1) is 0 Å². The maximum atomic E-state index is 9.95. The van der Waals surface area contributed by atoms with Crippen LogP contribution in [0.15, 0.2) is 0 Å². The van der Waals surface area contributed by atoms with Crippen LogP contribution < -0.4 is 0 Å². The molecule has 0 aromatic rings. The van der Waals surface area contributed by atoms with Gasteiger partial charge < -0.3 is 14.3 Å². The third-order valence-corrected chi connectivity index (χ3v) is 6.73. The minimum atomic E-state index is -1.44. The van der Waals surface area contributed by atoms with Crippen molar-refractivity contribution < 1.29 is 14.3 Å². The fourth-order valence-corrected chi connectivity index (χ4v) is 3.71. The molecule has 4 nitrogen and oxygen atoms in total. The molecule has 0 amide bonds. The minimum absolute atomic E-state index is 0.353. The van der Waals surface area contributed by atoms with Gasteiger partial charge in [0.25, 0.3) is 0 Å². The first kappa shape index (κ1) is 17.1. The Hall–Kier alpha value is 0.0569. The minimum Gasteiger partial charge on any atom is -0.420 e. The first-order chi connectivity index (χ1) is 8.94. The largest absolute Gasteiger partial charge is 0.420 e. The summed E-state index contributed by atoms with van der Waals surface area (Å²) in [4.78, 5) is 2.36. The van der Waals surface area contributed by atoms with Gasteiger partial charge in [0.1, 0.15) is 0 Å². The highest BCUT2D eigenvalue weighted by Crippen LogP contribution is 2.16. The first-order valence-electron chi connectivity index (χ1n) is 7.49. The van der Waals surface area contributed by atoms with Gasteiger partial charge in [0.15, 0.2) is 8.32 Å². The molecule has 0 aromatic heterocycles. The predicted molar refractivity (Wildman–Crippen MR) is 81.0 cm³/mol. The summed E-state index contributed by atoms with van der Waals surface area (Å²) in [5, 5.41) is 9.95. The highest BCUT2D eigenvalue weighted by molar-refractivity contribution is 6.71. The van der Waals surface area contributed by atoms with Crippen molar-refractivity contribution in [3.05, 3.63) is 0 Å². The molecule has 2 unspecified atom stereocenters. The number of likely N-dealkylation sites (tertiary alicyclic amines) is 1. The number of aliphatic hydroxyl groups is 1. The summed E-state index contributed by atoms with van der Waals surface area (Å²) in [6.45, 7) is 9.72. The quantitative estimate of drug-likeness (QED) is 0.521. The van der Waals surface area contributed by atoms with Gasteiger partial charge >= 0.3 is 0 Å². The van der Waals surface area contributed by atoms with Gasteiger partial charge in [-0.3, -0.25) is 4.90 Å². The van der Waals surface area contributed by atoms with Crippen molar-refractivity contribution in [2.24, 2.45) is 0 Å². The van der Waals surface area contributed by atoms with Crippen LogP contribution in [-0.4, -0.2) is 63.9 Å². The zero-order chi connectivity index (χ0) is 14.3. The maximum Gasteiger partial charge on any atom is 0.186 e. The van der Waals surface area contributed by atoms with Crippen molar-refractivity contribution in [2.45, 2.75) is 57.5 Å². The summed E-state index contributed by atoms with van der Waals surface area (Å²) >= 11 is 0. The molecule has 19 heavy (non-hydrogen) atoms. The molecule has 0 saturated carbocycles. The molecular formula is C14H31NO3Si. The number of rotatable bonds is 9. The Labute approximate surface area is 119 Å². The summed E-state index contributed by atoms with van der Waals surface area (Å²) in [6.07, 6.45) is 3.18. The fraction of sp³-hybridized carbons (Fsp3) is 1.00. The van der Waals surface area contributed by atoms with Crippen LogP contribution in [0.2, 0.25) is 19.1 Å². The van der Waals surface area contributed by atoms with Gasteiger partial charge in [0.2, 0.25) is 0 Å². The van der Waals surface area contributed by atoms with Crippen LogP contribution in [-0.2, 0) is 9.16 Å². The normalized spacial score (nSPS) is 22.9. The number of ether oxygens (including phenoxy) is 1. The Bertz CT molecular complexity index is 251. The Kier molecular flexibility index (Phi) is 7.53. The summed E-state index contributed by atoms with van der Waals surface area (Å²) in [7, 11) is 0.356. The lowest BCUT2D eigenvalue weighted by molar-refractivity contribution is 0.0156. The van der Waals surface area contributed by atoms with Gasteiger partial charge in [0.05, 0.1) is 12.7 Å². The molecule has 1 rings (SSSR count). The summed E-state index contributed by atoms with van der Waals surface area (Å²) < 4.78 is 11.1. The molecule has 1 saturated heterocycles. The standard InChI is InChI=1S/C14H31NO3Si/c1-13-7-5-8-15(13)11-14(16)12-18-9-6-10-19(3,4)17-2/h13-14,16H,5-12H2,1-4H3. The maximum absolute atomic E-state index is 9.95. The Morgan fingerprint density at radius 3 is 2.74 bits per heavy atom. The number of hydrogen-bond donors (Lipinski definition) is 1. The van der Waals surface area contributed by atoms with Gasteiger partial charge in [-0.2, -0.15) is 0 Å². The third-order valence-electron chi connectivity index (χ3n) is 4.07. The number of nitrogens with zero attached hydrogens (tertiary/aromatic N) is 1. The van der Waals surface area contributed by atoms with Gasteiger partial charge in [-0.25, -0.2) is 0 Å². The molecule has 5 heteroatoms. The summed E-state index contributed by atoms with van der Waals surface area (Å²) in [5.74, 6) is 0. The third kappa shape index (κ3) is 6.86. The van der Waals surface area contributed by atoms with Gasteiger partial charge in [-0.15, -0.1) is 0 Å². The highest BCUT2D eigenvalue weighted by atomic mass is 28.4. The van der Waals surface area contributed by atoms with E-state index >= 15 is 0 Å². The Morgan fingerprint density at radius 1 is 1.42 bits per heavy atom. The summed E-state index contributed by atoms with van der Waals surface area (Å²) in [6, 6.07) is 1.73. The molecule has 0 aliphatic carbocycles. The molecule has 1 aliphatic heterocycles. The van der Waals surface area contributed by atoms with E-state index in [2.05, 4.69) is 24.9 Å². The van der Waals surface area contributed by atoms with Crippen LogP contribution >= 0.6 is 0 Å². The van der Waals surface area contributed by atoms with Crippen molar-refractivity contribution in [2.75, 3.05) is 33.4 Å². The lowest BCUT2D eigenvalue weighted by Crippen LogP contribution is -2.37. The van der Waals surface area contributed by atoms with Crippen molar-refractivity contribution in [1.82, 2.24) is 4.90 Å². The van der Waals surface area contributed by atoms with Crippen molar-refractivity contribution >= 4 is 8.32 Å². The predicted octanol–water partition coefficient (Wildman–Crippen LogP) is 2.09. The fourth-order valence-electron chi connectivity index (χ4n) is 2.51. The number of aliphatic hydroxyl groups excluding tert-OH is 1. The zero-order valence-corrected chi connectivity index (χ0v) is 14.0. The Balaban J connectivity index is 2.03. The molecule has 1 N–H and O–H groups in total. The molecule has 0 radical (unpaired) electrons. The van der Waals surface area contributed by atoms with E-state index in [-0.39, 0.29) is 6.10 Å². The van der Waals surface area contributed by atoms with Crippen LogP contribution in [0.3, 0.4) is 0 Å². The highest BCUT2D eigenvalue weighted by Gasteiger charge is 2.22. The van der Waals surface area contributed by atoms with Gasteiger partial charge in [-0.1, -0.05) is 0 Å². The zero-order valence-electron chi connectivity index (χ0n) is 13.0. The van der Waals surface area contributed by atoms with E-state index in [0.29, 0.717) is 12.6 Å². The molecule has 0 spiro atoms. The smallest absolute Gasteiger partial charge is 0.186 e. The van der Waals surface area contributed by atoms with Crippen molar-refractivity contribution in [3.8, 4) is 0 Å². The van der Waals surface area contributed by atoms with E-state index in [1.807, 2.05) is 0 Å². The number of β-amino-alcohol motifs (C(OH)–C–C–N with tert-alkyl or cyclic N) is 1. The number of hydrogen-bond acceptors (Lipinski definition) is 4.